The Labute approximate surface area is 142 Å². The van der Waals surface area contributed by atoms with Crippen LogP contribution in [0.15, 0.2) is 59.1 Å². The van der Waals surface area contributed by atoms with E-state index in [2.05, 4.69) is 21.2 Å². The molecule has 0 aliphatic rings. The molecule has 0 aliphatic carbocycles. The Hall–Kier alpha value is -2.34. The molecule has 5 nitrogen and oxygen atoms in total. The lowest BCUT2D eigenvalue weighted by molar-refractivity contribution is -0.308. The molecule has 0 saturated heterocycles. The van der Waals surface area contributed by atoms with E-state index in [0.717, 1.165) is 10.0 Å². The Kier molecular flexibility index (Phi) is 6.17. The summed E-state index contributed by atoms with van der Waals surface area (Å²) >= 11 is 3.30. The van der Waals surface area contributed by atoms with Crippen molar-refractivity contribution in [3.05, 3.63) is 64.6 Å². The van der Waals surface area contributed by atoms with Crippen LogP contribution in [0.3, 0.4) is 0 Å². The predicted octanol–water partition coefficient (Wildman–Crippen LogP) is 1.31. The quantitative estimate of drug-likeness (QED) is 0.789. The van der Waals surface area contributed by atoms with E-state index in [1.807, 2.05) is 6.07 Å². The first-order valence-electron chi connectivity index (χ1n) is 6.97. The zero-order chi connectivity index (χ0) is 16.7. The summed E-state index contributed by atoms with van der Waals surface area (Å²) in [5, 5.41) is 13.6. The summed E-state index contributed by atoms with van der Waals surface area (Å²) < 4.78 is 6.20. The second-order valence-corrected chi connectivity index (χ2v) is 5.79. The van der Waals surface area contributed by atoms with Crippen molar-refractivity contribution >= 4 is 27.8 Å². The number of aliphatic carboxylic acids is 1. The number of carbonyl (C=O) groups is 2. The molecule has 0 saturated carbocycles. The molecule has 0 bridgehead atoms. The van der Waals surface area contributed by atoms with Crippen LogP contribution < -0.4 is 15.2 Å². The fourth-order valence-corrected chi connectivity index (χ4v) is 2.22. The highest BCUT2D eigenvalue weighted by Crippen LogP contribution is 2.15. The van der Waals surface area contributed by atoms with E-state index in [4.69, 9.17) is 4.74 Å². The van der Waals surface area contributed by atoms with E-state index >= 15 is 0 Å². The Morgan fingerprint density at radius 3 is 2.35 bits per heavy atom. The fraction of sp³-hybridized carbons (Fsp3) is 0.176. The summed E-state index contributed by atoms with van der Waals surface area (Å²) in [5.74, 6) is -1.32. The number of hydrogen-bond donors (Lipinski definition) is 1. The minimum absolute atomic E-state index is 0.160. The van der Waals surface area contributed by atoms with Gasteiger partial charge in [0, 0.05) is 4.47 Å². The lowest BCUT2D eigenvalue weighted by atomic mass is 10.1. The third-order valence-electron chi connectivity index (χ3n) is 3.09. The highest BCUT2D eigenvalue weighted by Gasteiger charge is 2.14. The van der Waals surface area contributed by atoms with Crippen molar-refractivity contribution in [2.24, 2.45) is 0 Å². The van der Waals surface area contributed by atoms with Gasteiger partial charge >= 0.3 is 0 Å². The first-order valence-corrected chi connectivity index (χ1v) is 7.76. The highest BCUT2D eigenvalue weighted by molar-refractivity contribution is 9.10. The molecule has 2 aromatic carbocycles. The van der Waals surface area contributed by atoms with Gasteiger partial charge < -0.3 is 20.0 Å². The molecule has 2 aromatic rings. The van der Waals surface area contributed by atoms with Gasteiger partial charge in [-0.1, -0.05) is 46.3 Å². The third-order valence-corrected chi connectivity index (χ3v) is 3.61. The van der Waals surface area contributed by atoms with Crippen molar-refractivity contribution in [2.45, 2.75) is 12.5 Å². The molecule has 1 unspecified atom stereocenters. The topological polar surface area (TPSA) is 78.5 Å². The monoisotopic (exact) mass is 376 g/mol. The van der Waals surface area contributed by atoms with Gasteiger partial charge in [0.25, 0.3) is 5.91 Å². The molecule has 2 rings (SSSR count). The van der Waals surface area contributed by atoms with Crippen LogP contribution in [0.5, 0.6) is 5.75 Å². The molecule has 1 amide bonds. The average molecular weight is 377 g/mol. The van der Waals surface area contributed by atoms with E-state index in [0.29, 0.717) is 5.75 Å². The van der Waals surface area contributed by atoms with Gasteiger partial charge in [-0.3, -0.25) is 4.79 Å². The molecular formula is C17H15BrNO4-. The number of rotatable bonds is 7. The molecule has 1 N–H and O–H groups in total. The number of carboxylic acid groups (broad SMARTS) is 1. The number of ether oxygens (including phenoxy) is 1. The molecular weight excluding hydrogens is 362 g/mol. The maximum atomic E-state index is 11.9. The maximum Gasteiger partial charge on any atom is 0.258 e. The van der Waals surface area contributed by atoms with Gasteiger partial charge in [0.05, 0.1) is 12.0 Å². The van der Waals surface area contributed by atoms with E-state index in [-0.39, 0.29) is 13.0 Å². The van der Waals surface area contributed by atoms with Crippen LogP contribution in [0.1, 0.15) is 5.56 Å². The maximum absolute atomic E-state index is 11.9. The average Bonchev–Trinajstić information content (AvgIpc) is 2.54. The molecule has 0 aromatic heterocycles. The largest absolute Gasteiger partial charge is 0.548 e. The standard InChI is InChI=1S/C17H16BrNO4/c18-13-6-8-14(9-7-13)23-11-16(20)19-15(17(21)22)10-12-4-2-1-3-5-12/h1-9,15H,10-11H2,(H,19,20)(H,21,22)/p-1. The van der Waals surface area contributed by atoms with E-state index in [1.165, 1.54) is 0 Å². The summed E-state index contributed by atoms with van der Waals surface area (Å²) in [6, 6.07) is 14.9. The first kappa shape index (κ1) is 17.0. The summed E-state index contributed by atoms with van der Waals surface area (Å²) in [7, 11) is 0. The van der Waals surface area contributed by atoms with Crippen LogP contribution >= 0.6 is 15.9 Å². The van der Waals surface area contributed by atoms with Gasteiger partial charge in [0.1, 0.15) is 5.75 Å². The van der Waals surface area contributed by atoms with Gasteiger partial charge in [-0.25, -0.2) is 0 Å². The summed E-state index contributed by atoms with van der Waals surface area (Å²) in [4.78, 5) is 23.0. The molecule has 0 heterocycles. The second-order valence-electron chi connectivity index (χ2n) is 4.87. The van der Waals surface area contributed by atoms with Gasteiger partial charge in [-0.15, -0.1) is 0 Å². The number of benzene rings is 2. The van der Waals surface area contributed by atoms with Crippen molar-refractivity contribution in [2.75, 3.05) is 6.61 Å². The fourth-order valence-electron chi connectivity index (χ4n) is 1.96. The van der Waals surface area contributed by atoms with Gasteiger partial charge in [0.2, 0.25) is 0 Å². The molecule has 23 heavy (non-hydrogen) atoms. The second kappa shape index (κ2) is 8.33. The zero-order valence-corrected chi connectivity index (χ0v) is 13.8. The van der Waals surface area contributed by atoms with Crippen LogP contribution in [-0.2, 0) is 16.0 Å². The van der Waals surface area contributed by atoms with Crippen molar-refractivity contribution in [1.29, 1.82) is 0 Å². The van der Waals surface area contributed by atoms with Gasteiger partial charge in [0.15, 0.2) is 6.61 Å². The number of nitrogens with one attached hydrogen (secondary N) is 1. The Morgan fingerprint density at radius 2 is 1.74 bits per heavy atom. The van der Waals surface area contributed by atoms with Crippen molar-refractivity contribution in [1.82, 2.24) is 5.32 Å². The Bertz CT molecular complexity index is 658. The zero-order valence-electron chi connectivity index (χ0n) is 12.2. The SMILES string of the molecule is O=C(COc1ccc(Br)cc1)NC(Cc1ccccc1)C(=O)[O-]. The number of amides is 1. The highest BCUT2D eigenvalue weighted by atomic mass is 79.9. The van der Waals surface area contributed by atoms with Crippen LogP contribution in [0.4, 0.5) is 0 Å². The molecule has 0 radical (unpaired) electrons. The molecule has 0 fully saturated rings. The molecule has 120 valence electrons. The lowest BCUT2D eigenvalue weighted by Gasteiger charge is -2.20. The molecule has 1 atom stereocenters. The Morgan fingerprint density at radius 1 is 1.09 bits per heavy atom. The number of carboxylic acids is 1. The molecule has 6 heteroatoms. The van der Waals surface area contributed by atoms with Crippen molar-refractivity contribution in [3.63, 3.8) is 0 Å². The molecule has 0 spiro atoms. The van der Waals surface area contributed by atoms with E-state index in [9.17, 15) is 14.7 Å². The van der Waals surface area contributed by atoms with Crippen molar-refractivity contribution in [3.8, 4) is 5.75 Å². The number of hydrogen-bond acceptors (Lipinski definition) is 4. The van der Waals surface area contributed by atoms with Crippen LogP contribution in [0, 0.1) is 0 Å². The predicted molar refractivity (Wildman–Crippen MR) is 86.7 cm³/mol. The first-order chi connectivity index (χ1) is 11.0. The normalized spacial score (nSPS) is 11.5. The van der Waals surface area contributed by atoms with Gasteiger partial charge in [-0.05, 0) is 36.2 Å². The summed E-state index contributed by atoms with van der Waals surface area (Å²) in [6.07, 6.45) is 0.160. The van der Waals surface area contributed by atoms with Crippen LogP contribution in [0.2, 0.25) is 0 Å². The van der Waals surface area contributed by atoms with E-state index in [1.54, 1.807) is 48.5 Å². The smallest absolute Gasteiger partial charge is 0.258 e. The van der Waals surface area contributed by atoms with Crippen LogP contribution in [0.25, 0.3) is 0 Å². The summed E-state index contributed by atoms with van der Waals surface area (Å²) in [6.45, 7) is -0.264. The van der Waals surface area contributed by atoms with Gasteiger partial charge in [-0.2, -0.15) is 0 Å². The minimum Gasteiger partial charge on any atom is -0.548 e. The Balaban J connectivity index is 1.88. The molecule has 0 aliphatic heterocycles. The van der Waals surface area contributed by atoms with Crippen LogP contribution in [-0.4, -0.2) is 24.5 Å². The minimum atomic E-state index is -1.33. The lowest BCUT2D eigenvalue weighted by Crippen LogP contribution is -2.50. The summed E-state index contributed by atoms with van der Waals surface area (Å²) in [5.41, 5.74) is 0.802. The van der Waals surface area contributed by atoms with Crippen molar-refractivity contribution < 1.29 is 19.4 Å². The number of carbonyl (C=O) groups excluding carboxylic acids is 2. The third kappa shape index (κ3) is 5.75. The van der Waals surface area contributed by atoms with E-state index < -0.39 is 17.9 Å². The number of halogens is 1.